The number of nitrogens with zero attached hydrogens (tertiary/aromatic N) is 3. The number of hydrogen-bond donors (Lipinski definition) is 2. The second-order valence-electron chi connectivity index (χ2n) is 5.51. The Kier molecular flexibility index (Phi) is 4.20. The number of benzene rings is 1. The van der Waals surface area contributed by atoms with Crippen LogP contribution in [0.2, 0.25) is 0 Å². The lowest BCUT2D eigenvalue weighted by Crippen LogP contribution is -2.27. The van der Waals surface area contributed by atoms with Gasteiger partial charge in [0.15, 0.2) is 11.6 Å². The minimum Gasteiger partial charge on any atom is -0.394 e. The van der Waals surface area contributed by atoms with Crippen LogP contribution in [0, 0.1) is 0 Å². The molecule has 2 heterocycles. The first-order valence-electron chi connectivity index (χ1n) is 7.71. The van der Waals surface area contributed by atoms with Crippen LogP contribution in [0.3, 0.4) is 0 Å². The average molecular weight is 286 g/mol. The van der Waals surface area contributed by atoms with Gasteiger partial charge in [0.05, 0.1) is 23.7 Å². The number of para-hydroxylation sites is 2. The van der Waals surface area contributed by atoms with Gasteiger partial charge in [0, 0.05) is 13.1 Å². The van der Waals surface area contributed by atoms with Gasteiger partial charge in [-0.2, -0.15) is 0 Å². The van der Waals surface area contributed by atoms with Gasteiger partial charge in [-0.25, -0.2) is 9.97 Å². The van der Waals surface area contributed by atoms with Gasteiger partial charge in [0.25, 0.3) is 0 Å². The maximum atomic E-state index is 9.43. The molecule has 112 valence electrons. The van der Waals surface area contributed by atoms with E-state index in [4.69, 9.17) is 9.97 Å². The van der Waals surface area contributed by atoms with E-state index < -0.39 is 0 Å². The number of anilines is 2. The summed E-state index contributed by atoms with van der Waals surface area (Å²) in [7, 11) is 0. The molecule has 0 bridgehead atoms. The molecule has 1 aromatic heterocycles. The van der Waals surface area contributed by atoms with Crippen molar-refractivity contribution in [2.24, 2.45) is 0 Å². The van der Waals surface area contributed by atoms with E-state index in [1.165, 1.54) is 12.8 Å². The lowest BCUT2D eigenvalue weighted by atomic mass is 10.2. The Morgan fingerprint density at radius 2 is 1.86 bits per heavy atom. The molecular weight excluding hydrogens is 264 g/mol. The molecule has 0 saturated carbocycles. The van der Waals surface area contributed by atoms with Gasteiger partial charge in [-0.15, -0.1) is 0 Å². The Bertz CT molecular complexity index is 606. The second kappa shape index (κ2) is 6.26. The van der Waals surface area contributed by atoms with E-state index in [0.717, 1.165) is 42.2 Å². The van der Waals surface area contributed by atoms with E-state index in [1.807, 2.05) is 24.3 Å². The Morgan fingerprint density at radius 1 is 1.19 bits per heavy atom. The quantitative estimate of drug-likeness (QED) is 0.884. The zero-order valence-electron chi connectivity index (χ0n) is 12.4. The van der Waals surface area contributed by atoms with Crippen molar-refractivity contribution >= 4 is 22.7 Å². The van der Waals surface area contributed by atoms with Crippen molar-refractivity contribution in [3.63, 3.8) is 0 Å². The van der Waals surface area contributed by atoms with E-state index in [1.54, 1.807) is 0 Å². The summed E-state index contributed by atoms with van der Waals surface area (Å²) in [6.07, 6.45) is 3.25. The summed E-state index contributed by atoms with van der Waals surface area (Å²) in [6.45, 7) is 4.21. The highest BCUT2D eigenvalue weighted by atomic mass is 16.3. The zero-order chi connectivity index (χ0) is 14.7. The SMILES string of the molecule is CC[C@H](CO)Nc1nc2ccccc2nc1N1CCCC1. The third-order valence-corrected chi connectivity index (χ3v) is 4.01. The normalized spacial score (nSPS) is 16.4. The number of fused-ring (bicyclic) bond motifs is 1. The Balaban J connectivity index is 2.03. The molecule has 5 nitrogen and oxygen atoms in total. The highest BCUT2D eigenvalue weighted by molar-refractivity contribution is 5.80. The predicted octanol–water partition coefficient (Wildman–Crippen LogP) is 2.41. The molecule has 21 heavy (non-hydrogen) atoms. The molecule has 1 fully saturated rings. The highest BCUT2D eigenvalue weighted by Crippen LogP contribution is 2.28. The minimum atomic E-state index is 0.0156. The molecule has 1 aromatic carbocycles. The smallest absolute Gasteiger partial charge is 0.172 e. The van der Waals surface area contributed by atoms with Crippen molar-refractivity contribution in [2.45, 2.75) is 32.2 Å². The summed E-state index contributed by atoms with van der Waals surface area (Å²) in [4.78, 5) is 11.8. The van der Waals surface area contributed by atoms with Crippen LogP contribution in [0.1, 0.15) is 26.2 Å². The van der Waals surface area contributed by atoms with Gasteiger partial charge in [0.1, 0.15) is 0 Å². The largest absolute Gasteiger partial charge is 0.394 e. The van der Waals surface area contributed by atoms with Gasteiger partial charge in [0.2, 0.25) is 0 Å². The summed E-state index contributed by atoms with van der Waals surface area (Å²) in [5, 5.41) is 12.8. The summed E-state index contributed by atoms with van der Waals surface area (Å²) < 4.78 is 0. The number of rotatable bonds is 5. The van der Waals surface area contributed by atoms with Gasteiger partial charge in [-0.1, -0.05) is 19.1 Å². The molecule has 0 spiro atoms. The van der Waals surface area contributed by atoms with E-state index in [-0.39, 0.29) is 12.6 Å². The summed E-state index contributed by atoms with van der Waals surface area (Å²) in [5.74, 6) is 1.70. The molecule has 1 aliphatic heterocycles. The third-order valence-electron chi connectivity index (χ3n) is 4.01. The number of aromatic nitrogens is 2. The summed E-state index contributed by atoms with van der Waals surface area (Å²) in [6, 6.07) is 7.94. The van der Waals surface area contributed by atoms with E-state index in [2.05, 4.69) is 17.1 Å². The number of hydrogen-bond acceptors (Lipinski definition) is 5. The van der Waals surface area contributed by atoms with Crippen LogP contribution in [0.25, 0.3) is 11.0 Å². The Labute approximate surface area is 125 Å². The van der Waals surface area contributed by atoms with Crippen molar-refractivity contribution in [1.82, 2.24) is 9.97 Å². The van der Waals surface area contributed by atoms with Crippen molar-refractivity contribution in [3.8, 4) is 0 Å². The molecule has 0 aliphatic carbocycles. The van der Waals surface area contributed by atoms with Crippen LogP contribution in [-0.4, -0.2) is 40.8 Å². The molecule has 1 saturated heterocycles. The minimum absolute atomic E-state index is 0.0156. The first-order chi connectivity index (χ1) is 10.3. The van der Waals surface area contributed by atoms with Gasteiger partial charge < -0.3 is 15.3 Å². The second-order valence-corrected chi connectivity index (χ2v) is 5.51. The maximum Gasteiger partial charge on any atom is 0.172 e. The molecule has 0 unspecified atom stereocenters. The van der Waals surface area contributed by atoms with Gasteiger partial charge in [-0.3, -0.25) is 0 Å². The third kappa shape index (κ3) is 2.93. The van der Waals surface area contributed by atoms with Crippen LogP contribution < -0.4 is 10.2 Å². The Hall–Kier alpha value is -1.88. The number of nitrogens with one attached hydrogen (secondary N) is 1. The predicted molar refractivity (Wildman–Crippen MR) is 85.8 cm³/mol. The lowest BCUT2D eigenvalue weighted by Gasteiger charge is -2.23. The molecule has 0 amide bonds. The number of aliphatic hydroxyl groups is 1. The van der Waals surface area contributed by atoms with E-state index >= 15 is 0 Å². The highest BCUT2D eigenvalue weighted by Gasteiger charge is 2.20. The van der Waals surface area contributed by atoms with Crippen molar-refractivity contribution in [1.29, 1.82) is 0 Å². The molecule has 2 N–H and O–H groups in total. The molecule has 3 rings (SSSR count). The van der Waals surface area contributed by atoms with Crippen LogP contribution in [0.15, 0.2) is 24.3 Å². The van der Waals surface area contributed by atoms with E-state index in [0.29, 0.717) is 0 Å². The lowest BCUT2D eigenvalue weighted by molar-refractivity contribution is 0.271. The first-order valence-corrected chi connectivity index (χ1v) is 7.71. The van der Waals surface area contributed by atoms with E-state index in [9.17, 15) is 5.11 Å². The standard InChI is InChI=1S/C16H22N4O/c1-2-12(11-21)17-15-16(20-9-5-6-10-20)19-14-8-4-3-7-13(14)18-15/h3-4,7-8,12,21H,2,5-6,9-11H2,1H3,(H,17,18)/t12-/m1/s1. The van der Waals surface area contributed by atoms with Crippen LogP contribution in [-0.2, 0) is 0 Å². The topological polar surface area (TPSA) is 61.3 Å². The fourth-order valence-corrected chi connectivity index (χ4v) is 2.71. The molecule has 5 heteroatoms. The average Bonchev–Trinajstić information content (AvgIpc) is 3.06. The zero-order valence-corrected chi connectivity index (χ0v) is 12.4. The molecule has 1 atom stereocenters. The number of aliphatic hydroxyl groups excluding tert-OH is 1. The van der Waals surface area contributed by atoms with Crippen molar-refractivity contribution < 1.29 is 5.11 Å². The Morgan fingerprint density at radius 3 is 2.48 bits per heavy atom. The van der Waals surface area contributed by atoms with Gasteiger partial charge in [-0.05, 0) is 31.4 Å². The molecule has 1 aliphatic rings. The monoisotopic (exact) mass is 286 g/mol. The maximum absolute atomic E-state index is 9.43. The van der Waals surface area contributed by atoms with Crippen LogP contribution >= 0.6 is 0 Å². The fraction of sp³-hybridized carbons (Fsp3) is 0.500. The van der Waals surface area contributed by atoms with Crippen LogP contribution in [0.4, 0.5) is 11.6 Å². The van der Waals surface area contributed by atoms with Crippen molar-refractivity contribution in [2.75, 3.05) is 29.9 Å². The van der Waals surface area contributed by atoms with Crippen molar-refractivity contribution in [3.05, 3.63) is 24.3 Å². The summed E-state index contributed by atoms with van der Waals surface area (Å²) in [5.41, 5.74) is 1.80. The van der Waals surface area contributed by atoms with Gasteiger partial charge >= 0.3 is 0 Å². The summed E-state index contributed by atoms with van der Waals surface area (Å²) >= 11 is 0. The molecule has 0 radical (unpaired) electrons. The molecule has 2 aromatic rings. The van der Waals surface area contributed by atoms with Crippen LogP contribution in [0.5, 0.6) is 0 Å². The fourth-order valence-electron chi connectivity index (χ4n) is 2.71. The first kappa shape index (κ1) is 14.1. The molecular formula is C16H22N4O.